The van der Waals surface area contributed by atoms with E-state index in [2.05, 4.69) is 187 Å². The molecule has 0 unspecified atom stereocenters. The smallest absolute Gasteiger partial charge is 0.160 e. The molecule has 53 heavy (non-hydrogen) atoms. The van der Waals surface area contributed by atoms with Gasteiger partial charge in [0.15, 0.2) is 5.82 Å². The van der Waals surface area contributed by atoms with E-state index in [1.165, 1.54) is 43.7 Å². The molecule has 11 rings (SSSR count). The number of rotatable bonds is 4. The molecule has 3 aromatic heterocycles. The summed E-state index contributed by atoms with van der Waals surface area (Å²) >= 11 is 0. The van der Waals surface area contributed by atoms with E-state index in [1.54, 1.807) is 0 Å². The molecule has 4 nitrogen and oxygen atoms in total. The zero-order valence-electron chi connectivity index (χ0n) is 29.5. The van der Waals surface area contributed by atoms with E-state index in [1.807, 2.05) is 6.07 Å². The van der Waals surface area contributed by atoms with Gasteiger partial charge in [0, 0.05) is 49.3 Å². The number of fused-ring (bicyclic) bond motifs is 10. The van der Waals surface area contributed by atoms with Crippen molar-refractivity contribution < 1.29 is 0 Å². The lowest BCUT2D eigenvalue weighted by Gasteiger charge is -2.21. The summed E-state index contributed by atoms with van der Waals surface area (Å²) in [5.41, 5.74) is 14.4. The third-order valence-electron chi connectivity index (χ3n) is 11.3. The Hall–Kier alpha value is -6.78. The first-order chi connectivity index (χ1) is 26.1. The Morgan fingerprint density at radius 3 is 1.72 bits per heavy atom. The van der Waals surface area contributed by atoms with E-state index in [9.17, 15) is 0 Å². The summed E-state index contributed by atoms with van der Waals surface area (Å²) in [6.07, 6.45) is 0. The number of hydrogen-bond acceptors (Lipinski definition) is 2. The van der Waals surface area contributed by atoms with Gasteiger partial charge in [-0.15, -0.1) is 0 Å². The van der Waals surface area contributed by atoms with Crippen LogP contribution in [-0.4, -0.2) is 19.1 Å². The molecule has 0 saturated heterocycles. The van der Waals surface area contributed by atoms with Gasteiger partial charge in [0.1, 0.15) is 0 Å². The molecule has 1 aliphatic rings. The van der Waals surface area contributed by atoms with Crippen molar-refractivity contribution in [2.45, 2.75) is 19.3 Å². The minimum Gasteiger partial charge on any atom is -0.309 e. The number of nitrogens with zero attached hydrogens (tertiary/aromatic N) is 4. The van der Waals surface area contributed by atoms with Crippen LogP contribution >= 0.6 is 0 Å². The van der Waals surface area contributed by atoms with Gasteiger partial charge in [-0.25, -0.2) is 9.97 Å². The third kappa shape index (κ3) is 4.18. The van der Waals surface area contributed by atoms with Crippen LogP contribution in [-0.2, 0) is 5.41 Å². The molecule has 0 atom stereocenters. The van der Waals surface area contributed by atoms with Crippen LogP contribution in [0, 0.1) is 0 Å². The Bertz CT molecular complexity index is 3080. The van der Waals surface area contributed by atoms with Gasteiger partial charge in [-0.2, -0.15) is 0 Å². The SMILES string of the molecule is CC1(C)c2ccccc2-c2c(-c3ccccc3-n3c4ccccc4c4c5c6ccccc6n(-c6ccccc6)c5ccc43)nc(-c3ccccc3)nc21. The molecule has 250 valence electrons. The molecular formula is C49H34N4. The van der Waals surface area contributed by atoms with E-state index in [4.69, 9.17) is 9.97 Å². The van der Waals surface area contributed by atoms with Crippen LogP contribution in [0.3, 0.4) is 0 Å². The lowest BCUT2D eigenvalue weighted by molar-refractivity contribution is 0.636. The van der Waals surface area contributed by atoms with Gasteiger partial charge in [-0.3, -0.25) is 0 Å². The summed E-state index contributed by atoms with van der Waals surface area (Å²) in [4.78, 5) is 10.8. The summed E-state index contributed by atoms with van der Waals surface area (Å²) in [6.45, 7) is 4.58. The topological polar surface area (TPSA) is 35.6 Å². The minimum absolute atomic E-state index is 0.284. The molecular weight excluding hydrogens is 645 g/mol. The van der Waals surface area contributed by atoms with Gasteiger partial charge in [0.2, 0.25) is 0 Å². The molecule has 4 heteroatoms. The lowest BCUT2D eigenvalue weighted by Crippen LogP contribution is -2.17. The van der Waals surface area contributed by atoms with Crippen LogP contribution in [0.5, 0.6) is 0 Å². The van der Waals surface area contributed by atoms with Crippen molar-refractivity contribution in [1.29, 1.82) is 0 Å². The molecule has 0 bridgehead atoms. The molecule has 0 aliphatic heterocycles. The van der Waals surface area contributed by atoms with Gasteiger partial charge in [-0.05, 0) is 53.6 Å². The second-order valence-electron chi connectivity index (χ2n) is 14.6. The molecule has 1 aliphatic carbocycles. The summed E-state index contributed by atoms with van der Waals surface area (Å²) in [5, 5.41) is 4.99. The molecule has 7 aromatic carbocycles. The summed E-state index contributed by atoms with van der Waals surface area (Å²) in [6, 6.07) is 60.9. The number of benzene rings is 7. The van der Waals surface area contributed by atoms with E-state index in [0.29, 0.717) is 0 Å². The fourth-order valence-electron chi connectivity index (χ4n) is 8.95. The Morgan fingerprint density at radius 2 is 1.00 bits per heavy atom. The molecule has 0 spiro atoms. The predicted molar refractivity (Wildman–Crippen MR) is 219 cm³/mol. The second-order valence-corrected chi connectivity index (χ2v) is 14.6. The molecule has 0 fully saturated rings. The minimum atomic E-state index is -0.284. The fourth-order valence-corrected chi connectivity index (χ4v) is 8.95. The highest BCUT2D eigenvalue weighted by atomic mass is 15.0. The largest absolute Gasteiger partial charge is 0.309 e. The highest BCUT2D eigenvalue weighted by Crippen LogP contribution is 2.52. The molecule has 0 N–H and O–H groups in total. The van der Waals surface area contributed by atoms with Crippen LogP contribution in [0.15, 0.2) is 170 Å². The van der Waals surface area contributed by atoms with Crippen LogP contribution in [0.25, 0.3) is 88.8 Å². The first kappa shape index (κ1) is 29.9. The quantitative estimate of drug-likeness (QED) is 0.186. The highest BCUT2D eigenvalue weighted by Gasteiger charge is 2.40. The number of para-hydroxylation sites is 4. The normalized spacial score (nSPS) is 13.2. The van der Waals surface area contributed by atoms with Gasteiger partial charge in [-0.1, -0.05) is 141 Å². The maximum absolute atomic E-state index is 5.48. The Kier molecular flexibility index (Phi) is 6.27. The number of aromatic nitrogens is 4. The molecule has 0 saturated carbocycles. The van der Waals surface area contributed by atoms with Crippen molar-refractivity contribution in [2.75, 3.05) is 0 Å². The summed E-state index contributed by atoms with van der Waals surface area (Å²) in [7, 11) is 0. The summed E-state index contributed by atoms with van der Waals surface area (Å²) in [5.74, 6) is 0.743. The van der Waals surface area contributed by atoms with Crippen LogP contribution in [0.1, 0.15) is 25.1 Å². The van der Waals surface area contributed by atoms with Crippen LogP contribution in [0.2, 0.25) is 0 Å². The van der Waals surface area contributed by atoms with Crippen molar-refractivity contribution in [1.82, 2.24) is 19.1 Å². The average molecular weight is 679 g/mol. The van der Waals surface area contributed by atoms with Crippen molar-refractivity contribution >= 4 is 43.6 Å². The van der Waals surface area contributed by atoms with Crippen molar-refractivity contribution in [3.8, 4) is 45.1 Å². The van der Waals surface area contributed by atoms with Crippen LogP contribution in [0.4, 0.5) is 0 Å². The van der Waals surface area contributed by atoms with E-state index >= 15 is 0 Å². The molecule has 3 heterocycles. The van der Waals surface area contributed by atoms with Gasteiger partial charge in [0.25, 0.3) is 0 Å². The maximum atomic E-state index is 5.48. The number of hydrogen-bond donors (Lipinski definition) is 0. The van der Waals surface area contributed by atoms with Crippen molar-refractivity contribution in [3.63, 3.8) is 0 Å². The van der Waals surface area contributed by atoms with E-state index in [0.717, 1.165) is 56.3 Å². The van der Waals surface area contributed by atoms with E-state index < -0.39 is 0 Å². The monoisotopic (exact) mass is 678 g/mol. The third-order valence-corrected chi connectivity index (χ3v) is 11.3. The Labute approximate surface area is 307 Å². The van der Waals surface area contributed by atoms with Gasteiger partial charge in [0.05, 0.1) is 39.1 Å². The molecule has 10 aromatic rings. The standard InChI is InChI=1S/C49H34N4/c1-49(2)37-25-13-9-21-33(37)45-46(50-48(51-47(45)49)31-17-5-3-6-18-31)36-24-12-16-28-40(36)53-39-27-15-11-23-35(39)44-42(53)30-29-41-43(44)34-22-10-14-26-38(34)52(41)32-19-7-4-8-20-32/h3-30H,1-2H3. The highest BCUT2D eigenvalue weighted by molar-refractivity contribution is 6.29. The Morgan fingerprint density at radius 1 is 0.453 bits per heavy atom. The lowest BCUT2D eigenvalue weighted by atomic mass is 9.85. The Balaban J connectivity index is 1.26. The maximum Gasteiger partial charge on any atom is 0.160 e. The first-order valence-corrected chi connectivity index (χ1v) is 18.3. The molecule has 0 amide bonds. The zero-order valence-corrected chi connectivity index (χ0v) is 29.5. The molecule has 0 radical (unpaired) electrons. The van der Waals surface area contributed by atoms with Crippen LogP contribution < -0.4 is 0 Å². The van der Waals surface area contributed by atoms with Crippen molar-refractivity contribution in [3.05, 3.63) is 181 Å². The predicted octanol–water partition coefficient (Wildman–Crippen LogP) is 12.3. The fraction of sp³-hybridized carbons (Fsp3) is 0.0612. The van der Waals surface area contributed by atoms with Crippen molar-refractivity contribution in [2.24, 2.45) is 0 Å². The summed E-state index contributed by atoms with van der Waals surface area (Å²) < 4.78 is 4.86. The first-order valence-electron chi connectivity index (χ1n) is 18.3. The zero-order chi connectivity index (χ0) is 35.3. The average Bonchev–Trinajstić information content (AvgIpc) is 3.81. The van der Waals surface area contributed by atoms with Gasteiger partial charge < -0.3 is 9.13 Å². The van der Waals surface area contributed by atoms with Gasteiger partial charge >= 0.3 is 0 Å². The van der Waals surface area contributed by atoms with E-state index in [-0.39, 0.29) is 5.41 Å². The second kappa shape index (κ2) is 11.1.